The molecule has 0 radical (unpaired) electrons. The predicted octanol–water partition coefficient (Wildman–Crippen LogP) is 4.30. The van der Waals surface area contributed by atoms with Crippen molar-refractivity contribution < 1.29 is 4.43 Å². The molecule has 1 nitrogen and oxygen atoms in total. The largest absolute Gasteiger partial charge is 0.413 e. The Balaban J connectivity index is 1.52. The van der Waals surface area contributed by atoms with Crippen molar-refractivity contribution in [1.82, 2.24) is 0 Å². The predicted molar refractivity (Wildman–Crippen MR) is 76.9 cm³/mol. The lowest BCUT2D eigenvalue weighted by Gasteiger charge is -2.40. The zero-order chi connectivity index (χ0) is 12.9. The fraction of sp³-hybridized carbons (Fsp3) is 1.00. The van der Waals surface area contributed by atoms with Gasteiger partial charge in [-0.15, -0.1) is 0 Å². The van der Waals surface area contributed by atoms with Gasteiger partial charge < -0.3 is 4.43 Å². The fourth-order valence-electron chi connectivity index (χ4n) is 4.44. The van der Waals surface area contributed by atoms with Gasteiger partial charge in [0.1, 0.15) is 0 Å². The van der Waals surface area contributed by atoms with Crippen LogP contribution in [0.15, 0.2) is 0 Å². The normalized spacial score (nSPS) is 52.8. The van der Waals surface area contributed by atoms with Gasteiger partial charge in [-0.25, -0.2) is 0 Å². The number of rotatable bonds is 2. The highest BCUT2D eigenvalue weighted by Gasteiger charge is 2.69. The molecular formula is C16H28OSi. The summed E-state index contributed by atoms with van der Waals surface area (Å²) in [6, 6.07) is 0. The second kappa shape index (κ2) is 3.25. The molecule has 18 heavy (non-hydrogen) atoms. The average Bonchev–Trinajstić information content (AvgIpc) is 3.06. The molecule has 0 aliphatic heterocycles. The van der Waals surface area contributed by atoms with Crippen LogP contribution >= 0.6 is 0 Å². The van der Waals surface area contributed by atoms with Crippen molar-refractivity contribution in [1.29, 1.82) is 0 Å². The van der Waals surface area contributed by atoms with Gasteiger partial charge in [0, 0.05) is 0 Å². The molecule has 0 aromatic carbocycles. The van der Waals surface area contributed by atoms with Gasteiger partial charge in [0.25, 0.3) is 0 Å². The van der Waals surface area contributed by atoms with Crippen LogP contribution < -0.4 is 0 Å². The van der Waals surface area contributed by atoms with E-state index in [0.717, 1.165) is 35.5 Å². The molecule has 0 heterocycles. The summed E-state index contributed by atoms with van der Waals surface area (Å²) in [4.78, 5) is 0. The van der Waals surface area contributed by atoms with Crippen LogP contribution in [0.5, 0.6) is 0 Å². The van der Waals surface area contributed by atoms with Gasteiger partial charge in [0.2, 0.25) is 0 Å². The highest BCUT2D eigenvalue weighted by molar-refractivity contribution is 6.74. The first-order chi connectivity index (χ1) is 8.29. The molecule has 4 aliphatic carbocycles. The first kappa shape index (κ1) is 12.0. The Kier molecular flexibility index (Phi) is 2.16. The smallest absolute Gasteiger partial charge is 0.192 e. The fourth-order valence-corrected chi connectivity index (χ4v) is 5.82. The standard InChI is InChI=1S/C16H28OSi/c1-16(2,3)18(4,5)17-15-13-7-11(13)9-6-10(9)12-8-14(12)15/h9-15H,6-8H2,1-5H3/t9-,10+,11-,12+,13-,14+,15?. The Morgan fingerprint density at radius 2 is 1.17 bits per heavy atom. The summed E-state index contributed by atoms with van der Waals surface area (Å²) in [6.45, 7) is 12.0. The highest BCUT2D eigenvalue weighted by atomic mass is 28.4. The van der Waals surface area contributed by atoms with E-state index in [1.807, 2.05) is 0 Å². The SMILES string of the molecule is CC(C)(C)[Si](C)(C)OC1[C@H]2C[C@H]2[C@H]2C[C@H]2[C@H]2C[C@@H]12. The molecule has 0 amide bonds. The molecule has 0 bridgehead atoms. The van der Waals surface area contributed by atoms with Gasteiger partial charge in [-0.2, -0.15) is 0 Å². The number of fused-ring (bicyclic) bond motifs is 5. The third-order valence-corrected chi connectivity index (χ3v) is 11.3. The molecule has 0 aromatic rings. The number of hydrogen-bond donors (Lipinski definition) is 0. The summed E-state index contributed by atoms with van der Waals surface area (Å²) < 4.78 is 6.84. The number of hydrogen-bond acceptors (Lipinski definition) is 1. The lowest BCUT2D eigenvalue weighted by molar-refractivity contribution is 0.127. The Bertz CT molecular complexity index is 361. The lowest BCUT2D eigenvalue weighted by Crippen LogP contribution is -2.45. The summed E-state index contributed by atoms with van der Waals surface area (Å²) in [6.07, 6.45) is 5.25. The van der Waals surface area contributed by atoms with Crippen molar-refractivity contribution >= 4 is 8.32 Å². The van der Waals surface area contributed by atoms with Gasteiger partial charge in [-0.05, 0) is 72.9 Å². The highest BCUT2D eigenvalue weighted by Crippen LogP contribution is 2.73. The minimum atomic E-state index is -1.55. The van der Waals surface area contributed by atoms with E-state index in [1.165, 1.54) is 12.8 Å². The molecule has 0 aromatic heterocycles. The van der Waals surface area contributed by atoms with Crippen LogP contribution in [0.25, 0.3) is 0 Å². The molecule has 0 N–H and O–H groups in total. The molecule has 0 spiro atoms. The molecule has 102 valence electrons. The quantitative estimate of drug-likeness (QED) is 0.676. The van der Waals surface area contributed by atoms with Gasteiger partial charge >= 0.3 is 0 Å². The third kappa shape index (κ3) is 1.61. The van der Waals surface area contributed by atoms with Gasteiger partial charge in [-0.3, -0.25) is 0 Å². The average molecular weight is 264 g/mol. The molecule has 7 atom stereocenters. The molecule has 4 saturated carbocycles. The molecule has 2 heteroatoms. The van der Waals surface area contributed by atoms with Crippen molar-refractivity contribution in [3.05, 3.63) is 0 Å². The molecule has 1 unspecified atom stereocenters. The van der Waals surface area contributed by atoms with E-state index >= 15 is 0 Å². The minimum absolute atomic E-state index is 0.372. The monoisotopic (exact) mass is 264 g/mol. The van der Waals surface area contributed by atoms with Crippen LogP contribution in [-0.2, 0) is 4.43 Å². The zero-order valence-corrected chi connectivity index (χ0v) is 13.6. The van der Waals surface area contributed by atoms with Crippen molar-refractivity contribution in [2.24, 2.45) is 35.5 Å². The van der Waals surface area contributed by atoms with Crippen molar-refractivity contribution in [2.75, 3.05) is 0 Å². The van der Waals surface area contributed by atoms with Crippen molar-refractivity contribution in [2.45, 2.75) is 64.3 Å². The molecular weight excluding hydrogens is 236 g/mol. The summed E-state index contributed by atoms with van der Waals surface area (Å²) in [5.41, 5.74) is 0. The van der Waals surface area contributed by atoms with E-state index in [-0.39, 0.29) is 0 Å². The second-order valence-electron chi connectivity index (χ2n) is 9.03. The molecule has 0 saturated heterocycles. The topological polar surface area (TPSA) is 9.23 Å². The van der Waals surface area contributed by atoms with Gasteiger partial charge in [0.15, 0.2) is 8.32 Å². The summed E-state index contributed by atoms with van der Waals surface area (Å²) in [7, 11) is -1.55. The van der Waals surface area contributed by atoms with Crippen LogP contribution in [0.4, 0.5) is 0 Å². The van der Waals surface area contributed by atoms with Gasteiger partial charge in [0.05, 0.1) is 6.10 Å². The Labute approximate surface area is 113 Å². The molecule has 4 aliphatic rings. The maximum atomic E-state index is 6.84. The summed E-state index contributed by atoms with van der Waals surface area (Å²) >= 11 is 0. The summed E-state index contributed by atoms with van der Waals surface area (Å²) in [5, 5.41) is 0.372. The van der Waals surface area contributed by atoms with Gasteiger partial charge in [-0.1, -0.05) is 20.8 Å². The summed E-state index contributed by atoms with van der Waals surface area (Å²) in [5.74, 6) is 6.37. The van der Waals surface area contributed by atoms with Crippen LogP contribution in [-0.4, -0.2) is 14.4 Å². The van der Waals surface area contributed by atoms with E-state index in [2.05, 4.69) is 33.9 Å². The lowest BCUT2D eigenvalue weighted by atomic mass is 10.1. The van der Waals surface area contributed by atoms with Crippen LogP contribution in [0.3, 0.4) is 0 Å². The Hall–Kier alpha value is 0.177. The maximum Gasteiger partial charge on any atom is 0.192 e. The van der Waals surface area contributed by atoms with E-state index in [9.17, 15) is 0 Å². The molecule has 4 fully saturated rings. The van der Waals surface area contributed by atoms with Crippen molar-refractivity contribution in [3.63, 3.8) is 0 Å². The third-order valence-electron chi connectivity index (χ3n) is 6.85. The minimum Gasteiger partial charge on any atom is -0.413 e. The second-order valence-corrected chi connectivity index (χ2v) is 13.8. The van der Waals surface area contributed by atoms with E-state index in [1.54, 1.807) is 6.42 Å². The van der Waals surface area contributed by atoms with Crippen LogP contribution in [0, 0.1) is 35.5 Å². The van der Waals surface area contributed by atoms with Crippen LogP contribution in [0.2, 0.25) is 18.1 Å². The van der Waals surface area contributed by atoms with E-state index in [0.29, 0.717) is 11.1 Å². The van der Waals surface area contributed by atoms with E-state index < -0.39 is 8.32 Å². The van der Waals surface area contributed by atoms with Crippen molar-refractivity contribution in [3.8, 4) is 0 Å². The molecule has 4 rings (SSSR count). The first-order valence-corrected chi connectivity index (χ1v) is 10.9. The zero-order valence-electron chi connectivity index (χ0n) is 12.6. The Morgan fingerprint density at radius 1 is 0.778 bits per heavy atom. The van der Waals surface area contributed by atoms with E-state index in [4.69, 9.17) is 4.43 Å². The maximum absolute atomic E-state index is 6.84. The first-order valence-electron chi connectivity index (χ1n) is 7.97. The Morgan fingerprint density at radius 3 is 1.61 bits per heavy atom. The van der Waals surface area contributed by atoms with Crippen LogP contribution in [0.1, 0.15) is 40.0 Å².